The van der Waals surface area contributed by atoms with E-state index in [0.29, 0.717) is 0 Å². The monoisotopic (exact) mass is 279 g/mol. The Hall–Kier alpha value is -1.36. The van der Waals surface area contributed by atoms with Gasteiger partial charge < -0.3 is 15.5 Å². The second-order valence-electron chi connectivity index (χ2n) is 4.80. The second kappa shape index (κ2) is 9.53. The maximum absolute atomic E-state index is 4.52. The number of likely N-dealkylation sites (N-methyl/N-ethyl adjacent to an activating group) is 1. The van der Waals surface area contributed by atoms with Crippen molar-refractivity contribution in [1.82, 2.24) is 14.9 Å². The van der Waals surface area contributed by atoms with Gasteiger partial charge in [-0.2, -0.15) is 0 Å². The van der Waals surface area contributed by atoms with Gasteiger partial charge in [0.15, 0.2) is 0 Å². The summed E-state index contributed by atoms with van der Waals surface area (Å²) in [5.41, 5.74) is 0. The first kappa shape index (κ1) is 16.7. The molecule has 114 valence electrons. The Morgan fingerprint density at radius 3 is 2.25 bits per heavy atom. The van der Waals surface area contributed by atoms with Crippen LogP contribution in [0.2, 0.25) is 0 Å². The summed E-state index contributed by atoms with van der Waals surface area (Å²) in [6, 6.07) is 1.98. The van der Waals surface area contributed by atoms with Gasteiger partial charge in [-0.15, -0.1) is 0 Å². The molecule has 1 heterocycles. The third-order valence-electron chi connectivity index (χ3n) is 3.17. The first-order chi connectivity index (χ1) is 9.73. The van der Waals surface area contributed by atoms with Crippen LogP contribution in [0, 0.1) is 0 Å². The Bertz CT molecular complexity index is 381. The molecule has 0 radical (unpaired) electrons. The molecular formula is C15H29N5. The number of anilines is 2. The fraction of sp³-hybridized carbons (Fsp3) is 0.733. The molecule has 0 spiro atoms. The van der Waals surface area contributed by atoms with Crippen molar-refractivity contribution >= 4 is 11.6 Å². The van der Waals surface area contributed by atoms with Crippen molar-refractivity contribution < 1.29 is 0 Å². The minimum atomic E-state index is 0.852. The standard InChI is InChI=1S/C15H29N5/c1-5-10-20(8-4)11-9-17-15-12-14(16-7-3)18-13(6-2)19-15/h12H,5-11H2,1-4H3,(H2,16,17,18,19). The molecule has 0 aliphatic carbocycles. The predicted octanol–water partition coefficient (Wildman–Crippen LogP) is 2.61. The van der Waals surface area contributed by atoms with Crippen LogP contribution in [0.4, 0.5) is 11.6 Å². The van der Waals surface area contributed by atoms with E-state index in [-0.39, 0.29) is 0 Å². The molecule has 5 nitrogen and oxygen atoms in total. The molecule has 0 aliphatic heterocycles. The molecule has 1 aromatic rings. The highest BCUT2D eigenvalue weighted by Gasteiger charge is 2.04. The number of rotatable bonds is 10. The van der Waals surface area contributed by atoms with Gasteiger partial charge in [-0.1, -0.05) is 20.8 Å². The lowest BCUT2D eigenvalue weighted by Crippen LogP contribution is -2.29. The average Bonchev–Trinajstić information content (AvgIpc) is 2.46. The van der Waals surface area contributed by atoms with E-state index in [1.165, 1.54) is 6.42 Å². The largest absolute Gasteiger partial charge is 0.370 e. The average molecular weight is 279 g/mol. The Morgan fingerprint density at radius 1 is 1.00 bits per heavy atom. The van der Waals surface area contributed by atoms with E-state index in [1.807, 2.05) is 6.07 Å². The van der Waals surface area contributed by atoms with Crippen molar-refractivity contribution in [3.63, 3.8) is 0 Å². The van der Waals surface area contributed by atoms with Crippen LogP contribution < -0.4 is 10.6 Å². The number of nitrogens with one attached hydrogen (secondary N) is 2. The fourth-order valence-corrected chi connectivity index (χ4v) is 2.10. The van der Waals surface area contributed by atoms with E-state index in [9.17, 15) is 0 Å². The highest BCUT2D eigenvalue weighted by Crippen LogP contribution is 2.11. The number of hydrogen-bond acceptors (Lipinski definition) is 5. The summed E-state index contributed by atoms with van der Waals surface area (Å²) in [5, 5.41) is 6.66. The topological polar surface area (TPSA) is 53.1 Å². The van der Waals surface area contributed by atoms with Gasteiger partial charge in [-0.05, 0) is 26.4 Å². The molecule has 0 fully saturated rings. The van der Waals surface area contributed by atoms with Gasteiger partial charge >= 0.3 is 0 Å². The molecule has 0 aromatic carbocycles. The van der Waals surface area contributed by atoms with Gasteiger partial charge in [0.1, 0.15) is 17.5 Å². The molecule has 1 aromatic heterocycles. The number of aryl methyl sites for hydroxylation is 1. The number of nitrogens with zero attached hydrogens (tertiary/aromatic N) is 3. The van der Waals surface area contributed by atoms with E-state index in [4.69, 9.17) is 0 Å². The molecule has 20 heavy (non-hydrogen) atoms. The number of aromatic nitrogens is 2. The fourth-order valence-electron chi connectivity index (χ4n) is 2.10. The third kappa shape index (κ3) is 5.74. The Balaban J connectivity index is 2.55. The summed E-state index contributed by atoms with van der Waals surface area (Å²) in [6.45, 7) is 13.7. The summed E-state index contributed by atoms with van der Waals surface area (Å²) in [7, 11) is 0. The lowest BCUT2D eigenvalue weighted by atomic mass is 10.4. The first-order valence-electron chi connectivity index (χ1n) is 7.81. The summed E-state index contributed by atoms with van der Waals surface area (Å²) in [6.07, 6.45) is 2.05. The zero-order valence-corrected chi connectivity index (χ0v) is 13.4. The summed E-state index contributed by atoms with van der Waals surface area (Å²) < 4.78 is 0. The minimum Gasteiger partial charge on any atom is -0.370 e. The molecule has 0 amide bonds. The van der Waals surface area contributed by atoms with Crippen LogP contribution in [0.5, 0.6) is 0 Å². The molecule has 0 saturated heterocycles. The van der Waals surface area contributed by atoms with Crippen molar-refractivity contribution in [2.75, 3.05) is 43.4 Å². The van der Waals surface area contributed by atoms with Crippen LogP contribution in [0.3, 0.4) is 0 Å². The van der Waals surface area contributed by atoms with E-state index in [0.717, 1.165) is 56.6 Å². The Kier molecular flexibility index (Phi) is 7.95. The third-order valence-corrected chi connectivity index (χ3v) is 3.17. The summed E-state index contributed by atoms with van der Waals surface area (Å²) in [5.74, 6) is 2.70. The van der Waals surface area contributed by atoms with Crippen molar-refractivity contribution in [3.05, 3.63) is 11.9 Å². The molecular weight excluding hydrogens is 250 g/mol. The van der Waals surface area contributed by atoms with E-state index in [2.05, 4.69) is 53.2 Å². The van der Waals surface area contributed by atoms with Gasteiger partial charge in [0.25, 0.3) is 0 Å². The van der Waals surface area contributed by atoms with Crippen LogP contribution in [0.25, 0.3) is 0 Å². The molecule has 0 bridgehead atoms. The van der Waals surface area contributed by atoms with Crippen LogP contribution in [0.1, 0.15) is 39.9 Å². The van der Waals surface area contributed by atoms with Crippen LogP contribution >= 0.6 is 0 Å². The summed E-state index contributed by atoms with van der Waals surface area (Å²) in [4.78, 5) is 11.4. The lowest BCUT2D eigenvalue weighted by molar-refractivity contribution is 0.300. The normalized spacial score (nSPS) is 10.8. The Labute approximate surface area is 123 Å². The predicted molar refractivity (Wildman–Crippen MR) is 86.5 cm³/mol. The Morgan fingerprint density at radius 2 is 1.70 bits per heavy atom. The molecule has 5 heteroatoms. The maximum Gasteiger partial charge on any atom is 0.132 e. The van der Waals surface area contributed by atoms with Gasteiger partial charge in [0.05, 0.1) is 0 Å². The summed E-state index contributed by atoms with van der Waals surface area (Å²) >= 11 is 0. The van der Waals surface area contributed by atoms with Crippen LogP contribution in [-0.2, 0) is 6.42 Å². The smallest absolute Gasteiger partial charge is 0.132 e. The van der Waals surface area contributed by atoms with Crippen molar-refractivity contribution in [2.45, 2.75) is 40.5 Å². The molecule has 0 saturated carbocycles. The molecule has 1 rings (SSSR count). The van der Waals surface area contributed by atoms with Gasteiger partial charge in [0, 0.05) is 32.1 Å². The lowest BCUT2D eigenvalue weighted by Gasteiger charge is -2.19. The second-order valence-corrected chi connectivity index (χ2v) is 4.80. The quantitative estimate of drug-likeness (QED) is 0.689. The highest BCUT2D eigenvalue weighted by molar-refractivity contribution is 5.47. The zero-order chi connectivity index (χ0) is 14.8. The van der Waals surface area contributed by atoms with Crippen LogP contribution in [0.15, 0.2) is 6.07 Å². The van der Waals surface area contributed by atoms with Gasteiger partial charge in [0.2, 0.25) is 0 Å². The van der Waals surface area contributed by atoms with Crippen LogP contribution in [-0.4, -0.2) is 47.6 Å². The van der Waals surface area contributed by atoms with Gasteiger partial charge in [-0.25, -0.2) is 9.97 Å². The van der Waals surface area contributed by atoms with Crippen molar-refractivity contribution in [1.29, 1.82) is 0 Å². The molecule has 0 aliphatic rings. The molecule has 2 N–H and O–H groups in total. The molecule has 0 unspecified atom stereocenters. The van der Waals surface area contributed by atoms with E-state index in [1.54, 1.807) is 0 Å². The van der Waals surface area contributed by atoms with Gasteiger partial charge in [-0.3, -0.25) is 0 Å². The number of hydrogen-bond donors (Lipinski definition) is 2. The molecule has 0 atom stereocenters. The first-order valence-corrected chi connectivity index (χ1v) is 7.81. The maximum atomic E-state index is 4.52. The van der Waals surface area contributed by atoms with E-state index < -0.39 is 0 Å². The SMILES string of the molecule is CCCN(CC)CCNc1cc(NCC)nc(CC)n1. The highest BCUT2D eigenvalue weighted by atomic mass is 15.1. The van der Waals surface area contributed by atoms with Crippen molar-refractivity contribution in [3.8, 4) is 0 Å². The van der Waals surface area contributed by atoms with Crippen molar-refractivity contribution in [2.24, 2.45) is 0 Å². The zero-order valence-electron chi connectivity index (χ0n) is 13.4. The minimum absolute atomic E-state index is 0.852. The van der Waals surface area contributed by atoms with E-state index >= 15 is 0 Å².